The average Bonchev–Trinajstić information content (AvgIpc) is 1.83. The van der Waals surface area contributed by atoms with E-state index in [9.17, 15) is 0 Å². The van der Waals surface area contributed by atoms with Gasteiger partial charge in [-0.25, -0.2) is 0 Å². The Hall–Kier alpha value is 0.480. The highest BCUT2D eigenvalue weighted by Gasteiger charge is 2.38. The van der Waals surface area contributed by atoms with E-state index in [1.54, 1.807) is 0 Å². The summed E-state index contributed by atoms with van der Waals surface area (Å²) in [5.41, 5.74) is 1.15. The molecule has 0 aliphatic heterocycles. The van der Waals surface area contributed by atoms with Crippen molar-refractivity contribution >= 4 is 15.9 Å². The number of halogens is 1. The van der Waals surface area contributed by atoms with Crippen LogP contribution < -0.4 is 0 Å². The fourth-order valence-electron chi connectivity index (χ4n) is 2.48. The molecule has 1 fully saturated rings. The Bertz CT molecular complexity index is 150. The van der Waals surface area contributed by atoms with E-state index in [4.69, 9.17) is 0 Å². The second-order valence-electron chi connectivity index (χ2n) is 5.94. The summed E-state index contributed by atoms with van der Waals surface area (Å²) >= 11 is 3.58. The van der Waals surface area contributed by atoms with Crippen molar-refractivity contribution in [3.8, 4) is 0 Å². The van der Waals surface area contributed by atoms with Gasteiger partial charge in [-0.1, -0.05) is 43.6 Å². The van der Waals surface area contributed by atoms with Crippen LogP contribution in [0.15, 0.2) is 0 Å². The van der Waals surface area contributed by atoms with Gasteiger partial charge in [-0.3, -0.25) is 0 Å². The highest BCUT2D eigenvalue weighted by Crippen LogP contribution is 2.49. The van der Waals surface area contributed by atoms with E-state index in [0.29, 0.717) is 10.8 Å². The van der Waals surface area contributed by atoms with Gasteiger partial charge in [-0.2, -0.15) is 0 Å². The molecule has 1 aliphatic carbocycles. The van der Waals surface area contributed by atoms with Crippen molar-refractivity contribution in [1.82, 2.24) is 0 Å². The molecule has 0 radical (unpaired) electrons. The molecule has 0 amide bonds. The van der Waals surface area contributed by atoms with E-state index in [1.807, 2.05) is 0 Å². The quantitative estimate of drug-likeness (QED) is 0.640. The van der Waals surface area contributed by atoms with Crippen molar-refractivity contribution in [2.24, 2.45) is 16.7 Å². The van der Waals surface area contributed by atoms with E-state index in [0.717, 1.165) is 11.2 Å². The molecule has 0 aromatic carbocycles. The van der Waals surface area contributed by atoms with Crippen molar-refractivity contribution < 1.29 is 0 Å². The maximum atomic E-state index is 3.58. The summed E-state index contributed by atoms with van der Waals surface area (Å²) in [7, 11) is 0. The molecule has 1 heteroatoms. The molecule has 0 heterocycles. The summed E-state index contributed by atoms with van der Waals surface area (Å²) < 4.78 is 0. The van der Waals surface area contributed by atoms with Gasteiger partial charge in [0.1, 0.15) is 0 Å². The van der Waals surface area contributed by atoms with Crippen LogP contribution in [-0.2, 0) is 0 Å². The van der Waals surface area contributed by atoms with Gasteiger partial charge in [0, 0.05) is 5.33 Å². The van der Waals surface area contributed by atoms with Crippen LogP contribution in [0.1, 0.15) is 47.0 Å². The SMILES string of the molecule is CC(C)(CBr)CC1CC(C)(C)C1. The Kier molecular flexibility index (Phi) is 2.92. The average molecular weight is 233 g/mol. The first-order chi connectivity index (χ1) is 5.35. The first kappa shape index (κ1) is 10.6. The molecule has 0 aromatic heterocycles. The summed E-state index contributed by atoms with van der Waals surface area (Å²) in [6.07, 6.45) is 4.26. The minimum Gasteiger partial charge on any atom is -0.0922 e. The molecule has 0 bridgehead atoms. The topological polar surface area (TPSA) is 0 Å². The molecule has 0 atom stereocenters. The minimum absolute atomic E-state index is 0.501. The second-order valence-corrected chi connectivity index (χ2v) is 6.50. The molecule has 1 aliphatic rings. The van der Waals surface area contributed by atoms with Crippen molar-refractivity contribution in [3.63, 3.8) is 0 Å². The molecule has 1 rings (SSSR count). The highest BCUT2D eigenvalue weighted by atomic mass is 79.9. The van der Waals surface area contributed by atoms with Crippen LogP contribution in [0.25, 0.3) is 0 Å². The van der Waals surface area contributed by atoms with E-state index in [2.05, 4.69) is 43.6 Å². The number of hydrogen-bond donors (Lipinski definition) is 0. The Morgan fingerprint density at radius 3 is 2.17 bits per heavy atom. The first-order valence-corrected chi connectivity index (χ1v) is 6.03. The van der Waals surface area contributed by atoms with E-state index >= 15 is 0 Å². The van der Waals surface area contributed by atoms with Gasteiger partial charge >= 0.3 is 0 Å². The van der Waals surface area contributed by atoms with Gasteiger partial charge in [0.25, 0.3) is 0 Å². The monoisotopic (exact) mass is 232 g/mol. The zero-order valence-electron chi connectivity index (χ0n) is 8.78. The normalized spacial score (nSPS) is 23.8. The minimum atomic E-state index is 0.501. The maximum absolute atomic E-state index is 3.58. The van der Waals surface area contributed by atoms with E-state index < -0.39 is 0 Å². The summed E-state index contributed by atoms with van der Waals surface area (Å²) in [6.45, 7) is 9.47. The lowest BCUT2D eigenvalue weighted by atomic mass is 9.61. The summed E-state index contributed by atoms with van der Waals surface area (Å²) in [4.78, 5) is 0. The van der Waals surface area contributed by atoms with Crippen molar-refractivity contribution in [2.45, 2.75) is 47.0 Å². The number of rotatable bonds is 3. The third kappa shape index (κ3) is 2.76. The zero-order chi connectivity index (χ0) is 9.41. The molecule has 1 saturated carbocycles. The van der Waals surface area contributed by atoms with Crippen LogP contribution in [-0.4, -0.2) is 5.33 Å². The molecule has 12 heavy (non-hydrogen) atoms. The van der Waals surface area contributed by atoms with E-state index in [1.165, 1.54) is 19.3 Å². The maximum Gasteiger partial charge on any atom is 0.00827 e. The first-order valence-electron chi connectivity index (χ1n) is 4.91. The van der Waals surface area contributed by atoms with Crippen LogP contribution in [0.5, 0.6) is 0 Å². The van der Waals surface area contributed by atoms with Crippen LogP contribution in [0.2, 0.25) is 0 Å². The van der Waals surface area contributed by atoms with Gasteiger partial charge < -0.3 is 0 Å². The molecular formula is C11H21Br. The molecule has 0 nitrogen and oxygen atoms in total. The van der Waals surface area contributed by atoms with Gasteiger partial charge in [-0.15, -0.1) is 0 Å². The Balaban J connectivity index is 2.27. The lowest BCUT2D eigenvalue weighted by molar-refractivity contribution is 0.0643. The molecule has 0 unspecified atom stereocenters. The smallest absolute Gasteiger partial charge is 0.00827 e. The molecule has 0 spiro atoms. The van der Waals surface area contributed by atoms with Gasteiger partial charge in [0.15, 0.2) is 0 Å². The number of alkyl halides is 1. The van der Waals surface area contributed by atoms with Crippen LogP contribution in [0, 0.1) is 16.7 Å². The summed E-state index contributed by atoms with van der Waals surface area (Å²) in [5, 5.41) is 1.14. The number of hydrogen-bond acceptors (Lipinski definition) is 0. The zero-order valence-corrected chi connectivity index (χ0v) is 10.4. The standard InChI is InChI=1S/C11H21Br/c1-10(2)5-9(6-10)7-11(3,4)8-12/h9H,5-8H2,1-4H3. The highest BCUT2D eigenvalue weighted by molar-refractivity contribution is 9.09. The Morgan fingerprint density at radius 2 is 1.83 bits per heavy atom. The molecule has 72 valence electrons. The molecule has 0 N–H and O–H groups in total. The third-order valence-corrected chi connectivity index (χ3v) is 4.40. The van der Waals surface area contributed by atoms with Crippen LogP contribution in [0.3, 0.4) is 0 Å². The fourth-order valence-corrected chi connectivity index (χ4v) is 2.71. The third-order valence-electron chi connectivity index (χ3n) is 2.89. The van der Waals surface area contributed by atoms with Gasteiger partial charge in [-0.05, 0) is 36.0 Å². The molecule has 0 aromatic rings. The van der Waals surface area contributed by atoms with Gasteiger partial charge in [0.05, 0.1) is 0 Å². The molecule has 0 saturated heterocycles. The largest absolute Gasteiger partial charge is 0.0922 e. The van der Waals surface area contributed by atoms with Crippen molar-refractivity contribution in [2.75, 3.05) is 5.33 Å². The van der Waals surface area contributed by atoms with Crippen molar-refractivity contribution in [1.29, 1.82) is 0 Å². The lowest BCUT2D eigenvalue weighted by Crippen LogP contribution is -2.34. The van der Waals surface area contributed by atoms with E-state index in [-0.39, 0.29) is 0 Å². The molecular weight excluding hydrogens is 212 g/mol. The predicted octanol–water partition coefficient (Wildman–Crippen LogP) is 4.23. The second kappa shape index (κ2) is 3.32. The van der Waals surface area contributed by atoms with Crippen LogP contribution >= 0.6 is 15.9 Å². The van der Waals surface area contributed by atoms with Gasteiger partial charge in [0.2, 0.25) is 0 Å². The lowest BCUT2D eigenvalue weighted by Gasteiger charge is -2.45. The van der Waals surface area contributed by atoms with Crippen molar-refractivity contribution in [3.05, 3.63) is 0 Å². The predicted molar refractivity (Wildman–Crippen MR) is 58.7 cm³/mol. The fraction of sp³-hybridized carbons (Fsp3) is 1.00. The Labute approximate surface area is 85.3 Å². The summed E-state index contributed by atoms with van der Waals surface area (Å²) in [6, 6.07) is 0. The van der Waals surface area contributed by atoms with Crippen LogP contribution in [0.4, 0.5) is 0 Å². The summed E-state index contributed by atoms with van der Waals surface area (Å²) in [5.74, 6) is 0.993. The Morgan fingerprint density at radius 1 is 1.33 bits per heavy atom.